The van der Waals surface area contributed by atoms with Gasteiger partial charge in [0.05, 0.1) is 13.1 Å². The summed E-state index contributed by atoms with van der Waals surface area (Å²) >= 11 is 0. The van der Waals surface area contributed by atoms with Gasteiger partial charge in [0.1, 0.15) is 5.82 Å². The number of amidine groups is 1. The zero-order valence-corrected chi connectivity index (χ0v) is 16.1. The predicted molar refractivity (Wildman–Crippen MR) is 100.0 cm³/mol. The van der Waals surface area contributed by atoms with E-state index in [1.165, 1.54) is 24.1 Å². The molecule has 0 radical (unpaired) electrons. The molecule has 8 heteroatoms. The first-order valence-electron chi connectivity index (χ1n) is 9.05. The standard InChI is InChI=1S/C19H24FN5O2/c1-12(2)9-10-21-18-22-16-15(17(26)24(4)19(27)23(16)3)25(18)11-13-5-7-14(20)8-6-13/h5-8,12,15H,9-11H2,1-4H3/p+1. The third kappa shape index (κ3) is 3.70. The Morgan fingerprint density at radius 1 is 1.19 bits per heavy atom. The second-order valence-electron chi connectivity index (χ2n) is 7.30. The lowest BCUT2D eigenvalue weighted by Crippen LogP contribution is -2.61. The molecular weight excluding hydrogens is 349 g/mol. The van der Waals surface area contributed by atoms with E-state index in [1.807, 2.05) is 4.58 Å². The van der Waals surface area contributed by atoms with Gasteiger partial charge in [-0.3, -0.25) is 19.9 Å². The van der Waals surface area contributed by atoms with Crippen molar-refractivity contribution in [3.8, 4) is 0 Å². The molecule has 1 unspecified atom stereocenters. The van der Waals surface area contributed by atoms with Crippen LogP contribution in [0.3, 0.4) is 0 Å². The van der Waals surface area contributed by atoms with Crippen LogP contribution < -0.4 is 5.32 Å². The average molecular weight is 374 g/mol. The van der Waals surface area contributed by atoms with Crippen LogP contribution in [-0.2, 0) is 11.3 Å². The Bertz CT molecular complexity index is 816. The molecule has 3 amide bonds. The van der Waals surface area contributed by atoms with E-state index in [9.17, 15) is 14.0 Å². The Morgan fingerprint density at radius 3 is 2.48 bits per heavy atom. The van der Waals surface area contributed by atoms with E-state index in [1.54, 1.807) is 19.2 Å². The maximum atomic E-state index is 13.2. The molecule has 0 spiro atoms. The van der Waals surface area contributed by atoms with Crippen LogP contribution in [0.2, 0.25) is 0 Å². The monoisotopic (exact) mass is 374 g/mol. The Hall–Kier alpha value is -2.77. The number of carbonyl (C=O) groups is 2. The number of imide groups is 1. The topological polar surface area (TPSA) is 68.0 Å². The summed E-state index contributed by atoms with van der Waals surface area (Å²) in [7, 11) is 3.09. The van der Waals surface area contributed by atoms with E-state index in [4.69, 9.17) is 0 Å². The van der Waals surface area contributed by atoms with E-state index in [0.29, 0.717) is 30.8 Å². The van der Waals surface area contributed by atoms with Gasteiger partial charge < -0.3 is 0 Å². The fourth-order valence-corrected chi connectivity index (χ4v) is 3.16. The van der Waals surface area contributed by atoms with Crippen molar-refractivity contribution in [2.75, 3.05) is 20.6 Å². The minimum absolute atomic E-state index is 0.310. The minimum Gasteiger partial charge on any atom is -0.275 e. The van der Waals surface area contributed by atoms with Gasteiger partial charge in [0.25, 0.3) is 5.91 Å². The van der Waals surface area contributed by atoms with Gasteiger partial charge in [-0.1, -0.05) is 31.0 Å². The van der Waals surface area contributed by atoms with Gasteiger partial charge in [-0.15, -0.1) is 0 Å². The Morgan fingerprint density at radius 2 is 1.85 bits per heavy atom. The summed E-state index contributed by atoms with van der Waals surface area (Å²) in [4.78, 5) is 32.1. The molecule has 0 saturated carbocycles. The summed E-state index contributed by atoms with van der Waals surface area (Å²) < 4.78 is 15.1. The molecule has 2 aliphatic heterocycles. The zero-order valence-electron chi connectivity index (χ0n) is 16.1. The molecule has 144 valence electrons. The summed E-state index contributed by atoms with van der Waals surface area (Å²) in [5, 5.41) is 3.29. The largest absolute Gasteiger partial charge is 0.390 e. The average Bonchev–Trinajstić information content (AvgIpc) is 2.98. The lowest BCUT2D eigenvalue weighted by atomic mass is 10.1. The first-order valence-corrected chi connectivity index (χ1v) is 9.05. The number of likely N-dealkylation sites (N-methyl/N-ethyl adjacent to an activating group) is 2. The maximum absolute atomic E-state index is 13.2. The molecule has 3 rings (SSSR count). The van der Waals surface area contributed by atoms with E-state index in [0.717, 1.165) is 16.9 Å². The van der Waals surface area contributed by atoms with Crippen LogP contribution in [0.25, 0.3) is 0 Å². The van der Waals surface area contributed by atoms with Crippen molar-refractivity contribution in [3.63, 3.8) is 0 Å². The summed E-state index contributed by atoms with van der Waals surface area (Å²) in [6.45, 7) is 5.35. The van der Waals surface area contributed by atoms with Gasteiger partial charge in [-0.2, -0.15) is 0 Å². The summed E-state index contributed by atoms with van der Waals surface area (Å²) in [6.07, 6.45) is 0.950. The highest BCUT2D eigenvalue weighted by Crippen LogP contribution is 2.20. The number of carbonyl (C=O) groups excluding carboxylic acids is 2. The van der Waals surface area contributed by atoms with E-state index >= 15 is 0 Å². The fourth-order valence-electron chi connectivity index (χ4n) is 3.16. The van der Waals surface area contributed by atoms with Crippen molar-refractivity contribution in [2.45, 2.75) is 32.9 Å². The predicted octanol–water partition coefficient (Wildman–Crippen LogP) is 1.63. The van der Waals surface area contributed by atoms with E-state index < -0.39 is 12.1 Å². The normalized spacial score (nSPS) is 19.8. The van der Waals surface area contributed by atoms with Crippen molar-refractivity contribution in [3.05, 3.63) is 35.6 Å². The van der Waals surface area contributed by atoms with Crippen molar-refractivity contribution in [2.24, 2.45) is 10.9 Å². The number of amides is 3. The lowest BCUT2D eigenvalue weighted by Gasteiger charge is -2.31. The first kappa shape index (κ1) is 19.0. The molecule has 1 atom stereocenters. The fraction of sp³-hybridized carbons (Fsp3) is 0.474. The second kappa shape index (κ2) is 7.46. The number of nitrogens with one attached hydrogen (secondary N) is 1. The maximum Gasteiger partial charge on any atom is 0.390 e. The molecule has 2 aliphatic rings. The molecule has 1 aromatic carbocycles. The van der Waals surface area contributed by atoms with Crippen LogP contribution in [-0.4, -0.2) is 64.8 Å². The number of urea groups is 1. The van der Waals surface area contributed by atoms with Gasteiger partial charge in [0, 0.05) is 14.1 Å². The van der Waals surface area contributed by atoms with Crippen molar-refractivity contribution in [1.29, 1.82) is 0 Å². The number of hydrogen-bond acceptors (Lipinski definition) is 4. The van der Waals surface area contributed by atoms with Crippen LogP contribution in [0.5, 0.6) is 0 Å². The van der Waals surface area contributed by atoms with E-state index in [-0.39, 0.29) is 11.7 Å². The number of halogens is 1. The molecule has 27 heavy (non-hydrogen) atoms. The van der Waals surface area contributed by atoms with Crippen LogP contribution in [0.4, 0.5) is 9.18 Å². The SMILES string of the molecule is CC(C)CCNC1=[N+](Cc2ccc(F)cc2)C2C(=O)N(C)C(=O)N(C)C2=N1. The molecule has 1 saturated heterocycles. The summed E-state index contributed by atoms with van der Waals surface area (Å²) in [5.74, 6) is 0.868. The van der Waals surface area contributed by atoms with Crippen LogP contribution in [0, 0.1) is 11.7 Å². The summed E-state index contributed by atoms with van der Waals surface area (Å²) in [6, 6.07) is 5.08. The zero-order chi connectivity index (χ0) is 19.7. The molecule has 1 N–H and O–H groups in total. The number of benzene rings is 1. The number of guanidine groups is 1. The molecular formula is C19H25FN5O2+. The molecule has 1 fully saturated rings. The smallest absolute Gasteiger partial charge is 0.275 e. The van der Waals surface area contributed by atoms with Gasteiger partial charge in [-0.25, -0.2) is 13.8 Å². The Balaban J connectivity index is 1.93. The van der Waals surface area contributed by atoms with Gasteiger partial charge >= 0.3 is 12.0 Å². The van der Waals surface area contributed by atoms with Crippen LogP contribution >= 0.6 is 0 Å². The van der Waals surface area contributed by atoms with Crippen LogP contribution in [0.15, 0.2) is 29.3 Å². The molecule has 0 aromatic heterocycles. The number of hydrogen-bond donors (Lipinski definition) is 1. The molecule has 0 bridgehead atoms. The first-order chi connectivity index (χ1) is 12.8. The van der Waals surface area contributed by atoms with Crippen molar-refractivity contribution in [1.82, 2.24) is 15.1 Å². The third-order valence-corrected chi connectivity index (χ3v) is 4.80. The molecule has 7 nitrogen and oxygen atoms in total. The van der Waals surface area contributed by atoms with Gasteiger partial charge in [-0.05, 0) is 30.0 Å². The lowest BCUT2D eigenvalue weighted by molar-refractivity contribution is -0.553. The van der Waals surface area contributed by atoms with E-state index in [2.05, 4.69) is 24.2 Å². The number of fused-ring (bicyclic) bond motifs is 1. The Labute approximate surface area is 158 Å². The van der Waals surface area contributed by atoms with Crippen molar-refractivity contribution >= 4 is 23.7 Å². The highest BCUT2D eigenvalue weighted by Gasteiger charge is 2.51. The highest BCUT2D eigenvalue weighted by molar-refractivity contribution is 6.22. The summed E-state index contributed by atoms with van der Waals surface area (Å²) in [5.41, 5.74) is 0.853. The molecule has 2 heterocycles. The number of aliphatic imine (C=N–C) groups is 1. The molecule has 0 aliphatic carbocycles. The minimum atomic E-state index is -0.677. The second-order valence-corrected chi connectivity index (χ2v) is 7.30. The highest BCUT2D eigenvalue weighted by atomic mass is 19.1. The Kier molecular flexibility index (Phi) is 5.25. The molecule has 1 aromatic rings. The van der Waals surface area contributed by atoms with Crippen LogP contribution in [0.1, 0.15) is 25.8 Å². The van der Waals surface area contributed by atoms with Gasteiger partial charge in [0.2, 0.25) is 11.9 Å². The number of rotatable bonds is 5. The van der Waals surface area contributed by atoms with Gasteiger partial charge in [0.15, 0.2) is 0 Å². The quantitative estimate of drug-likeness (QED) is 0.797. The van der Waals surface area contributed by atoms with Crippen molar-refractivity contribution < 1.29 is 18.6 Å². The number of nitrogens with zero attached hydrogens (tertiary/aromatic N) is 4. The third-order valence-electron chi connectivity index (χ3n) is 4.80.